The summed E-state index contributed by atoms with van der Waals surface area (Å²) >= 11 is 6.23. The predicted molar refractivity (Wildman–Crippen MR) is 69.4 cm³/mol. The molecule has 2 N–H and O–H groups in total. The summed E-state index contributed by atoms with van der Waals surface area (Å²) in [6, 6.07) is 2.08. The molecule has 1 aromatic rings. The van der Waals surface area contributed by atoms with E-state index in [9.17, 15) is 0 Å². The van der Waals surface area contributed by atoms with Crippen LogP contribution >= 0.6 is 11.6 Å². The molecule has 1 aromatic carbocycles. The predicted octanol–water partition coefficient (Wildman–Crippen LogP) is 3.25. The van der Waals surface area contributed by atoms with Gasteiger partial charge in [0, 0.05) is 11.1 Å². The lowest BCUT2D eigenvalue weighted by atomic mass is 9.91. The average molecular weight is 242 g/mol. The number of aryl methyl sites for hydroxylation is 2. The van der Waals surface area contributed by atoms with Gasteiger partial charge in [0.2, 0.25) is 0 Å². The molecule has 0 bridgehead atoms. The molecule has 2 nitrogen and oxygen atoms in total. The van der Waals surface area contributed by atoms with E-state index in [1.165, 1.54) is 5.56 Å². The lowest BCUT2D eigenvalue weighted by molar-refractivity contribution is 0.401. The molecule has 0 aromatic heterocycles. The Morgan fingerprint density at radius 3 is 2.31 bits per heavy atom. The van der Waals surface area contributed by atoms with Crippen molar-refractivity contribution in [1.82, 2.24) is 0 Å². The highest BCUT2D eigenvalue weighted by Crippen LogP contribution is 2.35. The van der Waals surface area contributed by atoms with Crippen LogP contribution in [0.5, 0.6) is 5.75 Å². The van der Waals surface area contributed by atoms with E-state index in [1.54, 1.807) is 7.11 Å². The van der Waals surface area contributed by atoms with E-state index in [0.29, 0.717) is 5.02 Å². The van der Waals surface area contributed by atoms with Crippen LogP contribution in [0.2, 0.25) is 5.02 Å². The molecule has 0 aliphatic heterocycles. The van der Waals surface area contributed by atoms with Crippen molar-refractivity contribution in [1.29, 1.82) is 0 Å². The molecule has 0 aliphatic carbocycles. The molecule has 0 unspecified atom stereocenters. The average Bonchev–Trinajstić information content (AvgIpc) is 2.13. The van der Waals surface area contributed by atoms with Crippen molar-refractivity contribution in [2.24, 2.45) is 5.73 Å². The van der Waals surface area contributed by atoms with E-state index in [2.05, 4.69) is 13.0 Å². The van der Waals surface area contributed by atoms with Gasteiger partial charge in [-0.2, -0.15) is 0 Å². The highest BCUT2D eigenvalue weighted by Gasteiger charge is 2.19. The fraction of sp³-hybridized carbons (Fsp3) is 0.538. The summed E-state index contributed by atoms with van der Waals surface area (Å²) in [7, 11) is 1.65. The molecule has 0 radical (unpaired) electrons. The zero-order chi connectivity index (χ0) is 12.5. The summed E-state index contributed by atoms with van der Waals surface area (Å²) in [5.74, 6) is 0.762. The monoisotopic (exact) mass is 241 g/mol. The second-order valence-corrected chi connectivity index (χ2v) is 5.38. The maximum atomic E-state index is 6.23. The molecule has 1 rings (SSSR count). The highest BCUT2D eigenvalue weighted by atomic mass is 35.5. The van der Waals surface area contributed by atoms with Gasteiger partial charge in [-0.3, -0.25) is 0 Å². The minimum Gasteiger partial charge on any atom is -0.495 e. The zero-order valence-electron chi connectivity index (χ0n) is 10.6. The summed E-state index contributed by atoms with van der Waals surface area (Å²) in [5.41, 5.74) is 9.10. The number of methoxy groups -OCH3 is 1. The molecule has 16 heavy (non-hydrogen) atoms. The van der Waals surface area contributed by atoms with Crippen LogP contribution in [0.1, 0.15) is 30.5 Å². The maximum Gasteiger partial charge on any atom is 0.141 e. The van der Waals surface area contributed by atoms with Crippen LogP contribution in [0, 0.1) is 13.8 Å². The highest BCUT2D eigenvalue weighted by molar-refractivity contribution is 6.33. The van der Waals surface area contributed by atoms with Gasteiger partial charge in [0.1, 0.15) is 5.75 Å². The van der Waals surface area contributed by atoms with Crippen LogP contribution in [0.25, 0.3) is 0 Å². The van der Waals surface area contributed by atoms with Gasteiger partial charge in [0.25, 0.3) is 0 Å². The Morgan fingerprint density at radius 2 is 1.88 bits per heavy atom. The van der Waals surface area contributed by atoms with Gasteiger partial charge in [-0.1, -0.05) is 17.7 Å². The third-order valence-corrected chi connectivity index (χ3v) is 3.03. The molecule has 0 fully saturated rings. The van der Waals surface area contributed by atoms with Crippen LogP contribution in [-0.4, -0.2) is 12.6 Å². The maximum absolute atomic E-state index is 6.23. The van der Waals surface area contributed by atoms with Crippen molar-refractivity contribution < 1.29 is 4.74 Å². The van der Waals surface area contributed by atoms with Gasteiger partial charge >= 0.3 is 0 Å². The number of rotatable bonds is 3. The topological polar surface area (TPSA) is 35.2 Å². The van der Waals surface area contributed by atoms with Crippen molar-refractivity contribution in [2.45, 2.75) is 39.7 Å². The minimum absolute atomic E-state index is 0.267. The Morgan fingerprint density at radius 1 is 1.31 bits per heavy atom. The van der Waals surface area contributed by atoms with Gasteiger partial charge in [-0.15, -0.1) is 0 Å². The van der Waals surface area contributed by atoms with Crippen molar-refractivity contribution in [3.8, 4) is 5.75 Å². The number of hydrogen-bond donors (Lipinski definition) is 1. The molecule has 0 spiro atoms. The lowest BCUT2D eigenvalue weighted by Gasteiger charge is -2.23. The Balaban J connectivity index is 3.32. The van der Waals surface area contributed by atoms with Crippen LogP contribution < -0.4 is 10.5 Å². The quantitative estimate of drug-likeness (QED) is 0.882. The summed E-state index contributed by atoms with van der Waals surface area (Å²) in [4.78, 5) is 0. The van der Waals surface area contributed by atoms with Gasteiger partial charge in [0.05, 0.1) is 12.1 Å². The normalized spacial score (nSPS) is 11.7. The van der Waals surface area contributed by atoms with E-state index < -0.39 is 0 Å². The number of benzene rings is 1. The SMILES string of the molecule is COc1c(Cl)c(C)cc(C)c1CC(C)(C)N. The first-order chi connectivity index (χ1) is 7.26. The first-order valence-corrected chi connectivity index (χ1v) is 5.75. The molecule has 0 saturated heterocycles. The van der Waals surface area contributed by atoms with Gasteiger partial charge < -0.3 is 10.5 Å². The zero-order valence-corrected chi connectivity index (χ0v) is 11.4. The van der Waals surface area contributed by atoms with Crippen LogP contribution in [0.4, 0.5) is 0 Å². The Hall–Kier alpha value is -0.730. The minimum atomic E-state index is -0.267. The summed E-state index contributed by atoms with van der Waals surface area (Å²) in [5, 5.41) is 0.687. The fourth-order valence-corrected chi connectivity index (χ4v) is 2.10. The fourth-order valence-electron chi connectivity index (χ4n) is 1.85. The van der Waals surface area contributed by atoms with Crippen molar-refractivity contribution in [3.63, 3.8) is 0 Å². The molecule has 90 valence electrons. The van der Waals surface area contributed by atoms with Crippen molar-refractivity contribution in [2.75, 3.05) is 7.11 Å². The molecule has 0 heterocycles. The third-order valence-electron chi connectivity index (χ3n) is 2.57. The number of ether oxygens (including phenoxy) is 1. The largest absolute Gasteiger partial charge is 0.495 e. The van der Waals surface area contributed by atoms with Gasteiger partial charge in [-0.05, 0) is 45.2 Å². The van der Waals surface area contributed by atoms with Gasteiger partial charge in [-0.25, -0.2) is 0 Å². The van der Waals surface area contributed by atoms with Crippen LogP contribution in [-0.2, 0) is 6.42 Å². The molecular weight excluding hydrogens is 222 g/mol. The molecule has 0 amide bonds. The van der Waals surface area contributed by atoms with E-state index >= 15 is 0 Å². The molecule has 0 saturated carbocycles. The molecule has 0 aliphatic rings. The van der Waals surface area contributed by atoms with Crippen LogP contribution in [0.3, 0.4) is 0 Å². The summed E-state index contributed by atoms with van der Waals surface area (Å²) in [6.07, 6.45) is 0.752. The summed E-state index contributed by atoms with van der Waals surface area (Å²) < 4.78 is 5.40. The van der Waals surface area contributed by atoms with E-state index in [4.69, 9.17) is 22.1 Å². The molecule has 3 heteroatoms. The first kappa shape index (κ1) is 13.3. The smallest absolute Gasteiger partial charge is 0.141 e. The van der Waals surface area contributed by atoms with Crippen molar-refractivity contribution in [3.05, 3.63) is 27.8 Å². The Labute approximate surface area is 103 Å². The Bertz CT molecular complexity index is 394. The van der Waals surface area contributed by atoms with Crippen molar-refractivity contribution >= 4 is 11.6 Å². The Kier molecular flexibility index (Phi) is 3.87. The van der Waals surface area contributed by atoms with Gasteiger partial charge in [0.15, 0.2) is 0 Å². The standard InChI is InChI=1S/C13H20ClNO/c1-8-6-9(2)11(14)12(16-5)10(8)7-13(3,4)15/h6H,7,15H2,1-5H3. The lowest BCUT2D eigenvalue weighted by Crippen LogP contribution is -2.34. The second kappa shape index (κ2) is 4.64. The number of halogens is 1. The molecule has 0 atom stereocenters. The van der Waals surface area contributed by atoms with E-state index in [-0.39, 0.29) is 5.54 Å². The molecular formula is C13H20ClNO. The van der Waals surface area contributed by atoms with Crippen LogP contribution in [0.15, 0.2) is 6.07 Å². The number of hydrogen-bond acceptors (Lipinski definition) is 2. The third kappa shape index (κ3) is 2.89. The number of nitrogens with two attached hydrogens (primary N) is 1. The van der Waals surface area contributed by atoms with E-state index in [0.717, 1.165) is 23.3 Å². The first-order valence-electron chi connectivity index (χ1n) is 5.37. The van der Waals surface area contributed by atoms with E-state index in [1.807, 2.05) is 20.8 Å². The second-order valence-electron chi connectivity index (χ2n) is 5.00. The summed E-state index contributed by atoms with van der Waals surface area (Å²) in [6.45, 7) is 8.04.